The number of rotatable bonds is 8. The van der Waals surface area contributed by atoms with E-state index in [1.807, 2.05) is 6.92 Å². The molecule has 1 aliphatic carbocycles. The molecule has 1 heterocycles. The van der Waals surface area contributed by atoms with Crippen LogP contribution in [0, 0.1) is 12.8 Å². The molecule has 1 aliphatic rings. The van der Waals surface area contributed by atoms with Crippen LogP contribution in [0.25, 0.3) is 0 Å². The lowest BCUT2D eigenvalue weighted by Gasteiger charge is -2.32. The summed E-state index contributed by atoms with van der Waals surface area (Å²) < 4.78 is 0.980. The van der Waals surface area contributed by atoms with Gasteiger partial charge in [-0.25, -0.2) is 0 Å². The molecule has 21 heavy (non-hydrogen) atoms. The van der Waals surface area contributed by atoms with Crippen molar-refractivity contribution in [3.05, 3.63) is 5.01 Å². The van der Waals surface area contributed by atoms with Crippen LogP contribution in [-0.2, 0) is 4.79 Å². The Morgan fingerprint density at radius 2 is 2.38 bits per heavy atom. The highest BCUT2D eigenvalue weighted by molar-refractivity contribution is 8.01. The molecule has 2 atom stereocenters. The predicted octanol–water partition coefficient (Wildman–Crippen LogP) is 2.95. The van der Waals surface area contributed by atoms with E-state index in [0.29, 0.717) is 0 Å². The lowest BCUT2D eigenvalue weighted by molar-refractivity contribution is -0.146. The van der Waals surface area contributed by atoms with Gasteiger partial charge in [0.25, 0.3) is 0 Å². The zero-order valence-corrected chi connectivity index (χ0v) is 14.2. The van der Waals surface area contributed by atoms with Gasteiger partial charge in [0.2, 0.25) is 0 Å². The minimum atomic E-state index is -0.715. The van der Waals surface area contributed by atoms with Crippen LogP contribution >= 0.6 is 23.1 Å². The van der Waals surface area contributed by atoms with Crippen LogP contribution in [0.5, 0.6) is 0 Å². The van der Waals surface area contributed by atoms with Gasteiger partial charge in [-0.1, -0.05) is 36.4 Å². The first-order valence-corrected chi connectivity index (χ1v) is 9.30. The van der Waals surface area contributed by atoms with Gasteiger partial charge in [-0.15, -0.1) is 10.2 Å². The van der Waals surface area contributed by atoms with Gasteiger partial charge in [-0.3, -0.25) is 4.79 Å². The van der Waals surface area contributed by atoms with Crippen LogP contribution in [0.3, 0.4) is 0 Å². The zero-order valence-electron chi connectivity index (χ0n) is 12.6. The van der Waals surface area contributed by atoms with Gasteiger partial charge in [0.05, 0.1) is 0 Å². The fourth-order valence-electron chi connectivity index (χ4n) is 3.03. The summed E-state index contributed by atoms with van der Waals surface area (Å²) in [5.41, 5.74) is -0.715. The third-order valence-corrected chi connectivity index (χ3v) is 6.10. The summed E-state index contributed by atoms with van der Waals surface area (Å²) in [5, 5.41) is 22.1. The standard InChI is InChI=1S/C14H23N3O2S2/c1-3-8-15-14(12(18)19)7-4-5-11(14)6-9-20-13-17-16-10(2)21-13/h11,15H,3-9H2,1-2H3,(H,18,19). The minimum absolute atomic E-state index is 0.211. The first-order valence-electron chi connectivity index (χ1n) is 7.50. The van der Waals surface area contributed by atoms with Crippen molar-refractivity contribution >= 4 is 29.1 Å². The third kappa shape index (κ3) is 3.96. The Kier molecular flexibility index (Phi) is 6.01. The highest BCUT2D eigenvalue weighted by Crippen LogP contribution is 2.39. The quantitative estimate of drug-likeness (QED) is 0.714. The Labute approximate surface area is 133 Å². The van der Waals surface area contributed by atoms with Crippen LogP contribution in [0.15, 0.2) is 4.34 Å². The normalized spacial score (nSPS) is 25.3. The average Bonchev–Trinajstić information content (AvgIpc) is 3.04. The van der Waals surface area contributed by atoms with Gasteiger partial charge in [-0.2, -0.15) is 0 Å². The second-order valence-corrected chi connectivity index (χ2v) is 8.04. The molecular weight excluding hydrogens is 306 g/mol. The Balaban J connectivity index is 1.91. The molecule has 0 spiro atoms. The summed E-state index contributed by atoms with van der Waals surface area (Å²) in [7, 11) is 0. The van der Waals surface area contributed by atoms with E-state index in [1.54, 1.807) is 23.1 Å². The molecule has 0 saturated heterocycles. The molecule has 1 aromatic heterocycles. The number of hydrogen-bond donors (Lipinski definition) is 2. The minimum Gasteiger partial charge on any atom is -0.480 e. The average molecular weight is 329 g/mol. The summed E-state index contributed by atoms with van der Waals surface area (Å²) in [6.45, 7) is 4.79. The van der Waals surface area contributed by atoms with E-state index in [2.05, 4.69) is 22.4 Å². The van der Waals surface area contributed by atoms with E-state index >= 15 is 0 Å². The smallest absolute Gasteiger partial charge is 0.324 e. The molecule has 1 fully saturated rings. The van der Waals surface area contributed by atoms with E-state index in [4.69, 9.17) is 0 Å². The molecule has 0 aliphatic heterocycles. The van der Waals surface area contributed by atoms with Crippen molar-refractivity contribution < 1.29 is 9.90 Å². The molecule has 2 unspecified atom stereocenters. The first-order chi connectivity index (χ1) is 10.1. The molecule has 2 rings (SSSR count). The number of carboxylic acid groups (broad SMARTS) is 1. The third-order valence-electron chi connectivity index (χ3n) is 4.09. The van der Waals surface area contributed by atoms with Gasteiger partial charge in [0.15, 0.2) is 4.34 Å². The number of aryl methyl sites for hydroxylation is 1. The zero-order chi connectivity index (χ0) is 15.3. The van der Waals surface area contributed by atoms with E-state index in [9.17, 15) is 9.90 Å². The summed E-state index contributed by atoms with van der Waals surface area (Å²) in [4.78, 5) is 11.8. The molecule has 0 aromatic carbocycles. The fraction of sp³-hybridized carbons (Fsp3) is 0.786. The van der Waals surface area contributed by atoms with E-state index in [-0.39, 0.29) is 5.92 Å². The summed E-state index contributed by atoms with van der Waals surface area (Å²) in [6, 6.07) is 0. The predicted molar refractivity (Wildman–Crippen MR) is 86.0 cm³/mol. The molecule has 0 amide bonds. The van der Waals surface area contributed by atoms with E-state index in [0.717, 1.165) is 53.7 Å². The number of nitrogens with one attached hydrogen (secondary N) is 1. The van der Waals surface area contributed by atoms with Crippen LogP contribution < -0.4 is 5.32 Å². The van der Waals surface area contributed by atoms with Crippen molar-refractivity contribution in [1.82, 2.24) is 15.5 Å². The summed E-state index contributed by atoms with van der Waals surface area (Å²) in [6.07, 6.45) is 4.61. The molecule has 1 saturated carbocycles. The highest BCUT2D eigenvalue weighted by Gasteiger charge is 2.48. The number of thioether (sulfide) groups is 1. The second kappa shape index (κ2) is 7.56. The lowest BCUT2D eigenvalue weighted by atomic mass is 9.85. The monoisotopic (exact) mass is 329 g/mol. The largest absolute Gasteiger partial charge is 0.480 e. The van der Waals surface area contributed by atoms with Crippen molar-refractivity contribution in [3.63, 3.8) is 0 Å². The molecule has 118 valence electrons. The van der Waals surface area contributed by atoms with Crippen molar-refractivity contribution in [3.8, 4) is 0 Å². The number of carbonyl (C=O) groups is 1. The number of aromatic nitrogens is 2. The molecule has 5 nitrogen and oxygen atoms in total. The summed E-state index contributed by atoms with van der Waals surface area (Å²) in [5.74, 6) is 0.431. The van der Waals surface area contributed by atoms with E-state index in [1.165, 1.54) is 0 Å². The summed E-state index contributed by atoms with van der Waals surface area (Å²) >= 11 is 3.29. The molecule has 0 bridgehead atoms. The first kappa shape index (κ1) is 16.7. The number of hydrogen-bond acceptors (Lipinski definition) is 6. The second-order valence-electron chi connectivity index (χ2n) is 5.52. The topological polar surface area (TPSA) is 75.1 Å². The van der Waals surface area contributed by atoms with Crippen LogP contribution in [0.4, 0.5) is 0 Å². The Bertz CT molecular complexity index is 481. The van der Waals surface area contributed by atoms with Gasteiger partial charge in [0.1, 0.15) is 10.5 Å². The van der Waals surface area contributed by atoms with Crippen LogP contribution in [0.1, 0.15) is 44.0 Å². The number of nitrogens with zero attached hydrogens (tertiary/aromatic N) is 2. The van der Waals surface area contributed by atoms with Crippen molar-refractivity contribution in [1.29, 1.82) is 0 Å². The SMILES string of the molecule is CCCNC1(C(=O)O)CCCC1CCSc1nnc(C)s1. The maximum atomic E-state index is 11.8. The van der Waals surface area contributed by atoms with Gasteiger partial charge in [0, 0.05) is 5.75 Å². The van der Waals surface area contributed by atoms with Gasteiger partial charge < -0.3 is 10.4 Å². The maximum absolute atomic E-state index is 11.8. The number of aliphatic carboxylic acids is 1. The number of carboxylic acids is 1. The molecule has 1 aromatic rings. The van der Waals surface area contributed by atoms with Crippen molar-refractivity contribution in [2.24, 2.45) is 5.92 Å². The fourth-order valence-corrected chi connectivity index (χ4v) is 4.97. The molecule has 7 heteroatoms. The van der Waals surface area contributed by atoms with Crippen molar-refractivity contribution in [2.75, 3.05) is 12.3 Å². The Morgan fingerprint density at radius 1 is 1.57 bits per heavy atom. The molecule has 2 N–H and O–H groups in total. The van der Waals surface area contributed by atoms with Crippen LogP contribution in [0.2, 0.25) is 0 Å². The Hall–Kier alpha value is -0.660. The highest BCUT2D eigenvalue weighted by atomic mass is 32.2. The Morgan fingerprint density at radius 3 is 3.00 bits per heavy atom. The van der Waals surface area contributed by atoms with Gasteiger partial charge in [-0.05, 0) is 45.1 Å². The lowest BCUT2D eigenvalue weighted by Crippen LogP contribution is -2.55. The van der Waals surface area contributed by atoms with Crippen LogP contribution in [-0.4, -0.2) is 39.1 Å². The van der Waals surface area contributed by atoms with Gasteiger partial charge >= 0.3 is 5.97 Å². The maximum Gasteiger partial charge on any atom is 0.324 e. The van der Waals surface area contributed by atoms with E-state index < -0.39 is 11.5 Å². The molecular formula is C14H23N3O2S2. The molecule has 0 radical (unpaired) electrons. The van der Waals surface area contributed by atoms with Crippen molar-refractivity contribution in [2.45, 2.75) is 55.8 Å².